The van der Waals surface area contributed by atoms with Crippen molar-refractivity contribution in [1.29, 1.82) is 0 Å². The summed E-state index contributed by atoms with van der Waals surface area (Å²) in [7, 11) is 0. The van der Waals surface area contributed by atoms with Gasteiger partial charge < -0.3 is 15.1 Å². The Kier molecular flexibility index (Phi) is 4.86. The van der Waals surface area contributed by atoms with Crippen LogP contribution in [0, 0.1) is 0 Å². The second kappa shape index (κ2) is 7.97. The average molecular weight is 419 g/mol. The summed E-state index contributed by atoms with van der Waals surface area (Å²) in [5, 5.41) is 15.2. The van der Waals surface area contributed by atoms with Crippen molar-refractivity contribution in [3.05, 3.63) is 55.3 Å². The summed E-state index contributed by atoms with van der Waals surface area (Å²) in [6, 6.07) is 3.74. The molecule has 1 unspecified atom stereocenters. The minimum atomic E-state index is -0.0979. The van der Waals surface area contributed by atoms with Gasteiger partial charge in [-0.05, 0) is 24.6 Å². The second-order valence-electron chi connectivity index (χ2n) is 7.32. The number of hydrogen-bond acceptors (Lipinski definition) is 8. The van der Waals surface area contributed by atoms with E-state index in [0.29, 0.717) is 37.6 Å². The van der Waals surface area contributed by atoms with E-state index in [1.807, 2.05) is 27.6 Å². The predicted octanol–water partition coefficient (Wildman–Crippen LogP) is 0.520. The molecular weight excluding hydrogens is 398 g/mol. The Bertz CT molecular complexity index is 1190. The number of hydrogen-bond donors (Lipinski definition) is 1. The Morgan fingerprint density at radius 2 is 2.16 bits per heavy atom. The SMILES string of the molecule is CC1CN(C(=O)NCc2ccnc(-n3cncn3)c2)CCN1c1nccn2cnnc12. The van der Waals surface area contributed by atoms with Crippen LogP contribution in [-0.4, -0.2) is 75.9 Å². The number of nitrogens with one attached hydrogen (secondary N) is 1. The molecule has 5 rings (SSSR count). The standard InChI is InChI=1S/C19H21N11O/c1-14-10-27(6-7-29(14)17-18-26-24-13-28(18)5-4-22-17)19(31)23-9-15-2-3-21-16(8-15)30-12-20-11-25-30/h2-5,8,11-14H,6-7,9-10H2,1H3,(H,23,31). The van der Waals surface area contributed by atoms with Crippen molar-refractivity contribution in [2.45, 2.75) is 19.5 Å². The van der Waals surface area contributed by atoms with Crippen LogP contribution in [0.2, 0.25) is 0 Å². The predicted molar refractivity (Wildman–Crippen MR) is 111 cm³/mol. The number of piperazine rings is 1. The minimum Gasteiger partial charge on any atom is -0.347 e. The number of amides is 2. The molecule has 1 aliphatic heterocycles. The van der Waals surface area contributed by atoms with Gasteiger partial charge in [0.1, 0.15) is 19.0 Å². The Morgan fingerprint density at radius 3 is 3.00 bits per heavy atom. The fraction of sp³-hybridized carbons (Fsp3) is 0.316. The lowest BCUT2D eigenvalue weighted by atomic mass is 10.2. The van der Waals surface area contributed by atoms with Gasteiger partial charge in [-0.2, -0.15) is 5.10 Å². The lowest BCUT2D eigenvalue weighted by molar-refractivity contribution is 0.186. The summed E-state index contributed by atoms with van der Waals surface area (Å²) in [4.78, 5) is 29.5. The van der Waals surface area contributed by atoms with Crippen molar-refractivity contribution < 1.29 is 4.79 Å². The third kappa shape index (κ3) is 3.74. The summed E-state index contributed by atoms with van der Waals surface area (Å²) in [6.45, 7) is 4.32. The highest BCUT2D eigenvalue weighted by atomic mass is 16.2. The van der Waals surface area contributed by atoms with E-state index >= 15 is 0 Å². The fourth-order valence-corrected chi connectivity index (χ4v) is 3.72. The summed E-state index contributed by atoms with van der Waals surface area (Å²) in [5.74, 6) is 1.44. The van der Waals surface area contributed by atoms with Gasteiger partial charge in [0.05, 0.1) is 0 Å². The molecule has 1 aliphatic rings. The highest BCUT2D eigenvalue weighted by Gasteiger charge is 2.29. The molecule has 158 valence electrons. The third-order valence-corrected chi connectivity index (χ3v) is 5.29. The summed E-state index contributed by atoms with van der Waals surface area (Å²) < 4.78 is 3.42. The third-order valence-electron chi connectivity index (χ3n) is 5.29. The van der Waals surface area contributed by atoms with Crippen molar-refractivity contribution in [1.82, 2.24) is 49.5 Å². The van der Waals surface area contributed by atoms with Gasteiger partial charge in [-0.25, -0.2) is 24.4 Å². The number of fused-ring (bicyclic) bond motifs is 1. The Hall–Kier alpha value is -4.09. The summed E-state index contributed by atoms with van der Waals surface area (Å²) in [5.41, 5.74) is 1.65. The maximum atomic E-state index is 12.8. The second-order valence-corrected chi connectivity index (χ2v) is 7.32. The van der Waals surface area contributed by atoms with E-state index in [2.05, 4.69) is 47.4 Å². The van der Waals surface area contributed by atoms with Gasteiger partial charge in [0.25, 0.3) is 0 Å². The molecule has 0 radical (unpaired) electrons. The van der Waals surface area contributed by atoms with Gasteiger partial charge in [0.15, 0.2) is 11.6 Å². The molecule has 0 spiro atoms. The fourth-order valence-electron chi connectivity index (χ4n) is 3.72. The molecule has 12 nitrogen and oxygen atoms in total. The molecule has 2 amide bonds. The van der Waals surface area contributed by atoms with Crippen LogP contribution in [0.15, 0.2) is 49.7 Å². The first-order valence-corrected chi connectivity index (χ1v) is 9.93. The van der Waals surface area contributed by atoms with Gasteiger partial charge in [0, 0.05) is 50.8 Å². The first-order valence-electron chi connectivity index (χ1n) is 9.93. The van der Waals surface area contributed by atoms with E-state index in [1.54, 1.807) is 29.7 Å². The maximum Gasteiger partial charge on any atom is 0.317 e. The first kappa shape index (κ1) is 18.9. The lowest BCUT2D eigenvalue weighted by Gasteiger charge is -2.40. The van der Waals surface area contributed by atoms with Crippen LogP contribution in [0.5, 0.6) is 0 Å². The molecule has 5 heterocycles. The van der Waals surface area contributed by atoms with Crippen LogP contribution in [-0.2, 0) is 6.54 Å². The molecule has 1 atom stereocenters. The normalized spacial score (nSPS) is 16.6. The van der Waals surface area contributed by atoms with Gasteiger partial charge in [-0.15, -0.1) is 10.2 Å². The molecule has 12 heteroatoms. The van der Waals surface area contributed by atoms with Gasteiger partial charge in [0.2, 0.25) is 5.65 Å². The highest BCUT2D eigenvalue weighted by molar-refractivity contribution is 5.75. The molecule has 1 N–H and O–H groups in total. The smallest absolute Gasteiger partial charge is 0.317 e. The number of pyridine rings is 1. The topological polar surface area (TPSA) is 122 Å². The zero-order chi connectivity index (χ0) is 21.2. The van der Waals surface area contributed by atoms with E-state index in [-0.39, 0.29) is 12.1 Å². The number of urea groups is 1. The number of rotatable bonds is 4. The van der Waals surface area contributed by atoms with E-state index in [9.17, 15) is 4.79 Å². The van der Waals surface area contributed by atoms with Crippen molar-refractivity contribution in [2.24, 2.45) is 0 Å². The van der Waals surface area contributed by atoms with E-state index in [0.717, 1.165) is 11.4 Å². The molecule has 4 aromatic heterocycles. The largest absolute Gasteiger partial charge is 0.347 e. The molecule has 31 heavy (non-hydrogen) atoms. The molecule has 1 saturated heterocycles. The number of nitrogens with zero attached hydrogens (tertiary/aromatic N) is 10. The molecule has 0 saturated carbocycles. The number of carbonyl (C=O) groups excluding carboxylic acids is 1. The van der Waals surface area contributed by atoms with Crippen LogP contribution < -0.4 is 10.2 Å². The van der Waals surface area contributed by atoms with Crippen LogP contribution in [0.4, 0.5) is 10.6 Å². The van der Waals surface area contributed by atoms with E-state index in [1.165, 1.54) is 6.33 Å². The molecule has 0 bridgehead atoms. The van der Waals surface area contributed by atoms with Crippen LogP contribution >= 0.6 is 0 Å². The van der Waals surface area contributed by atoms with Crippen molar-refractivity contribution >= 4 is 17.5 Å². The van der Waals surface area contributed by atoms with Crippen molar-refractivity contribution in [2.75, 3.05) is 24.5 Å². The zero-order valence-corrected chi connectivity index (χ0v) is 16.9. The molecular formula is C19H21N11O. The molecule has 0 aliphatic carbocycles. The van der Waals surface area contributed by atoms with Crippen molar-refractivity contribution in [3.63, 3.8) is 0 Å². The molecule has 4 aromatic rings. The van der Waals surface area contributed by atoms with Crippen molar-refractivity contribution in [3.8, 4) is 5.82 Å². The summed E-state index contributed by atoms with van der Waals surface area (Å²) in [6.07, 6.45) is 9.94. The molecule has 0 aromatic carbocycles. The van der Waals surface area contributed by atoms with Gasteiger partial charge in [-0.3, -0.25) is 4.40 Å². The first-order chi connectivity index (χ1) is 15.2. The Morgan fingerprint density at radius 1 is 1.23 bits per heavy atom. The average Bonchev–Trinajstić information content (AvgIpc) is 3.49. The monoisotopic (exact) mass is 419 g/mol. The van der Waals surface area contributed by atoms with E-state index < -0.39 is 0 Å². The van der Waals surface area contributed by atoms with Crippen LogP contribution in [0.1, 0.15) is 12.5 Å². The molecule has 1 fully saturated rings. The van der Waals surface area contributed by atoms with Gasteiger partial charge in [-0.1, -0.05) is 0 Å². The Labute approximate surface area is 177 Å². The number of aromatic nitrogens is 8. The Balaban J connectivity index is 1.21. The highest BCUT2D eigenvalue weighted by Crippen LogP contribution is 2.21. The summed E-state index contributed by atoms with van der Waals surface area (Å²) >= 11 is 0. The van der Waals surface area contributed by atoms with Crippen LogP contribution in [0.25, 0.3) is 11.5 Å². The lowest BCUT2D eigenvalue weighted by Crippen LogP contribution is -2.56. The van der Waals surface area contributed by atoms with Gasteiger partial charge >= 0.3 is 6.03 Å². The number of anilines is 1. The van der Waals surface area contributed by atoms with E-state index in [4.69, 9.17) is 0 Å². The minimum absolute atomic E-state index is 0.0924. The maximum absolute atomic E-state index is 12.8. The van der Waals surface area contributed by atoms with Crippen LogP contribution in [0.3, 0.4) is 0 Å². The number of carbonyl (C=O) groups is 1. The zero-order valence-electron chi connectivity index (χ0n) is 16.9. The quantitative estimate of drug-likeness (QED) is 0.508.